The normalized spacial score (nSPS) is 17.1. The number of amides is 1. The zero-order chi connectivity index (χ0) is 17.4. The van der Waals surface area contributed by atoms with Gasteiger partial charge < -0.3 is 15.0 Å². The number of nitrogens with zero attached hydrogens (tertiary/aromatic N) is 1. The van der Waals surface area contributed by atoms with Crippen molar-refractivity contribution in [3.8, 4) is 0 Å². The lowest BCUT2D eigenvalue weighted by Crippen LogP contribution is -2.46. The van der Waals surface area contributed by atoms with Crippen LogP contribution in [0.1, 0.15) is 45.6 Å². The maximum Gasteiger partial charge on any atom is 0.407 e. The Bertz CT molecular complexity index is 526. The minimum atomic E-state index is -0.435. The molecule has 2 rings (SSSR count). The van der Waals surface area contributed by atoms with Crippen molar-refractivity contribution in [2.45, 2.75) is 51.7 Å². The Morgan fingerprint density at radius 3 is 2.54 bits per heavy atom. The van der Waals surface area contributed by atoms with Crippen LogP contribution in [0.25, 0.3) is 6.08 Å². The summed E-state index contributed by atoms with van der Waals surface area (Å²) in [5, 5.41) is 2.98. The predicted molar refractivity (Wildman–Crippen MR) is 98.9 cm³/mol. The van der Waals surface area contributed by atoms with Crippen molar-refractivity contribution in [2.75, 3.05) is 19.6 Å². The summed E-state index contributed by atoms with van der Waals surface area (Å²) in [6.45, 7) is 8.79. The number of piperidine rings is 1. The van der Waals surface area contributed by atoms with Crippen molar-refractivity contribution < 1.29 is 9.53 Å². The van der Waals surface area contributed by atoms with Gasteiger partial charge in [-0.25, -0.2) is 4.79 Å². The highest BCUT2D eigenvalue weighted by molar-refractivity contribution is 5.68. The van der Waals surface area contributed by atoms with Gasteiger partial charge in [-0.2, -0.15) is 0 Å². The van der Waals surface area contributed by atoms with Crippen molar-refractivity contribution in [1.29, 1.82) is 0 Å². The Kier molecular flexibility index (Phi) is 6.85. The van der Waals surface area contributed by atoms with Crippen LogP contribution in [0.2, 0.25) is 0 Å². The number of nitrogens with one attached hydrogen (secondary N) is 1. The number of rotatable bonds is 5. The molecule has 1 saturated heterocycles. The number of benzene rings is 1. The van der Waals surface area contributed by atoms with Crippen LogP contribution in [0, 0.1) is 0 Å². The summed E-state index contributed by atoms with van der Waals surface area (Å²) in [7, 11) is 0. The van der Waals surface area contributed by atoms with Gasteiger partial charge in [-0.15, -0.1) is 0 Å². The van der Waals surface area contributed by atoms with Crippen LogP contribution in [0.5, 0.6) is 0 Å². The van der Waals surface area contributed by atoms with E-state index in [4.69, 9.17) is 4.74 Å². The Labute approximate surface area is 145 Å². The second-order valence-corrected chi connectivity index (χ2v) is 7.36. The minimum Gasteiger partial charge on any atom is -0.444 e. The van der Waals surface area contributed by atoms with E-state index >= 15 is 0 Å². The van der Waals surface area contributed by atoms with Crippen LogP contribution in [0.15, 0.2) is 36.4 Å². The van der Waals surface area contributed by atoms with E-state index < -0.39 is 5.60 Å². The van der Waals surface area contributed by atoms with Crippen molar-refractivity contribution in [3.05, 3.63) is 42.0 Å². The molecule has 1 fully saturated rings. The molecular formula is C20H30N2O2. The highest BCUT2D eigenvalue weighted by Crippen LogP contribution is 2.13. The van der Waals surface area contributed by atoms with E-state index in [-0.39, 0.29) is 12.1 Å². The predicted octanol–water partition coefficient (Wildman–Crippen LogP) is 4.08. The van der Waals surface area contributed by atoms with Crippen molar-refractivity contribution in [1.82, 2.24) is 10.2 Å². The van der Waals surface area contributed by atoms with Gasteiger partial charge in [0.2, 0.25) is 0 Å². The van der Waals surface area contributed by atoms with Crippen molar-refractivity contribution in [3.63, 3.8) is 0 Å². The molecule has 0 bridgehead atoms. The molecule has 4 heteroatoms. The summed E-state index contributed by atoms with van der Waals surface area (Å²) >= 11 is 0. The third-order valence-corrected chi connectivity index (χ3v) is 4.03. The lowest BCUT2D eigenvalue weighted by Gasteiger charge is -2.32. The maximum absolute atomic E-state index is 11.8. The number of likely N-dealkylation sites (tertiary alicyclic amines) is 1. The highest BCUT2D eigenvalue weighted by atomic mass is 16.6. The Morgan fingerprint density at radius 1 is 1.25 bits per heavy atom. The summed E-state index contributed by atoms with van der Waals surface area (Å²) in [6, 6.07) is 10.6. The fourth-order valence-electron chi connectivity index (χ4n) is 2.82. The Balaban J connectivity index is 1.62. The molecule has 0 aliphatic carbocycles. The number of hydrogen-bond donors (Lipinski definition) is 1. The van der Waals surface area contributed by atoms with Crippen molar-refractivity contribution in [2.24, 2.45) is 0 Å². The summed E-state index contributed by atoms with van der Waals surface area (Å²) in [4.78, 5) is 14.3. The van der Waals surface area contributed by atoms with Crippen LogP contribution in [-0.2, 0) is 4.74 Å². The molecule has 0 radical (unpaired) electrons. The molecule has 1 amide bonds. The lowest BCUT2D eigenvalue weighted by molar-refractivity contribution is 0.0479. The molecule has 4 nitrogen and oxygen atoms in total. The molecule has 24 heavy (non-hydrogen) atoms. The molecule has 0 atom stereocenters. The van der Waals surface area contributed by atoms with Crippen LogP contribution < -0.4 is 5.32 Å². The van der Waals surface area contributed by atoms with E-state index in [1.54, 1.807) is 0 Å². The molecule has 0 aromatic heterocycles. The molecule has 0 unspecified atom stereocenters. The number of carbonyl (C=O) groups is 1. The maximum atomic E-state index is 11.8. The van der Waals surface area contributed by atoms with Crippen LogP contribution in [0.3, 0.4) is 0 Å². The SMILES string of the molecule is CC(C)(C)OC(=O)NC1CCN(CC/C=C/c2ccccc2)CC1. The minimum absolute atomic E-state index is 0.232. The van der Waals surface area contributed by atoms with Gasteiger partial charge in [0, 0.05) is 25.7 Å². The van der Waals surface area contributed by atoms with Crippen LogP contribution in [0.4, 0.5) is 4.79 Å². The molecule has 0 spiro atoms. The topological polar surface area (TPSA) is 41.6 Å². The number of hydrogen-bond acceptors (Lipinski definition) is 3. The lowest BCUT2D eigenvalue weighted by atomic mass is 10.1. The van der Waals surface area contributed by atoms with E-state index in [2.05, 4.69) is 46.6 Å². The highest BCUT2D eigenvalue weighted by Gasteiger charge is 2.23. The smallest absolute Gasteiger partial charge is 0.407 e. The van der Waals surface area contributed by atoms with Crippen LogP contribution in [-0.4, -0.2) is 42.3 Å². The van der Waals surface area contributed by atoms with Gasteiger partial charge in [-0.05, 0) is 45.6 Å². The zero-order valence-electron chi connectivity index (χ0n) is 15.1. The first-order valence-corrected chi connectivity index (χ1v) is 8.86. The summed E-state index contributed by atoms with van der Waals surface area (Å²) in [5.74, 6) is 0. The van der Waals surface area contributed by atoms with E-state index in [1.165, 1.54) is 5.56 Å². The average Bonchev–Trinajstić information content (AvgIpc) is 2.52. The fourth-order valence-corrected chi connectivity index (χ4v) is 2.82. The van der Waals surface area contributed by atoms with E-state index in [9.17, 15) is 4.79 Å². The van der Waals surface area contributed by atoms with Gasteiger partial charge in [0.15, 0.2) is 0 Å². The number of ether oxygens (including phenoxy) is 1. The quantitative estimate of drug-likeness (QED) is 0.884. The second-order valence-electron chi connectivity index (χ2n) is 7.36. The molecule has 1 aromatic carbocycles. The molecular weight excluding hydrogens is 300 g/mol. The van der Waals surface area contributed by atoms with E-state index in [0.29, 0.717) is 0 Å². The first kappa shape index (κ1) is 18.5. The molecule has 1 N–H and O–H groups in total. The zero-order valence-corrected chi connectivity index (χ0v) is 15.1. The van der Waals surface area contributed by atoms with Gasteiger partial charge in [0.25, 0.3) is 0 Å². The summed E-state index contributed by atoms with van der Waals surface area (Å²) in [5.41, 5.74) is 0.813. The molecule has 1 aliphatic rings. The number of carbonyl (C=O) groups excluding carboxylic acids is 1. The molecule has 0 saturated carbocycles. The van der Waals surface area contributed by atoms with E-state index in [0.717, 1.165) is 38.9 Å². The Morgan fingerprint density at radius 2 is 1.92 bits per heavy atom. The standard InChI is InChI=1S/C20H30N2O2/c1-20(2,3)24-19(23)21-18-12-15-22(16-13-18)14-8-7-11-17-9-5-4-6-10-17/h4-7,9-11,18H,8,12-16H2,1-3H3,(H,21,23)/b11-7+. The monoisotopic (exact) mass is 330 g/mol. The summed E-state index contributed by atoms with van der Waals surface area (Å²) < 4.78 is 5.32. The Hall–Kier alpha value is -1.81. The van der Waals surface area contributed by atoms with Gasteiger partial charge >= 0.3 is 6.09 Å². The second kappa shape index (κ2) is 8.88. The van der Waals surface area contributed by atoms with Gasteiger partial charge in [0.1, 0.15) is 5.60 Å². The van der Waals surface area contributed by atoms with E-state index in [1.807, 2.05) is 26.8 Å². The molecule has 1 heterocycles. The largest absolute Gasteiger partial charge is 0.444 e. The molecule has 1 aliphatic heterocycles. The first-order chi connectivity index (χ1) is 11.4. The van der Waals surface area contributed by atoms with Crippen molar-refractivity contribution >= 4 is 12.2 Å². The summed E-state index contributed by atoms with van der Waals surface area (Å²) in [6.07, 6.45) is 7.14. The van der Waals surface area contributed by atoms with Gasteiger partial charge in [-0.3, -0.25) is 0 Å². The fraction of sp³-hybridized carbons (Fsp3) is 0.550. The molecule has 1 aromatic rings. The van der Waals surface area contributed by atoms with Gasteiger partial charge in [0.05, 0.1) is 0 Å². The first-order valence-electron chi connectivity index (χ1n) is 8.86. The third kappa shape index (κ3) is 7.18. The average molecular weight is 330 g/mol. The number of alkyl carbamates (subject to hydrolysis) is 1. The molecule has 132 valence electrons. The van der Waals surface area contributed by atoms with Gasteiger partial charge in [-0.1, -0.05) is 42.5 Å². The van der Waals surface area contributed by atoms with Crippen LogP contribution >= 0.6 is 0 Å². The third-order valence-electron chi connectivity index (χ3n) is 4.03.